The second-order valence-electron chi connectivity index (χ2n) is 8.41. The van der Waals surface area contributed by atoms with Crippen LogP contribution in [0.2, 0.25) is 0 Å². The number of hydrogen-bond donors (Lipinski definition) is 2. The van der Waals surface area contributed by atoms with Gasteiger partial charge in [0.2, 0.25) is 0 Å². The van der Waals surface area contributed by atoms with E-state index in [1.807, 2.05) is 30.3 Å². The molecule has 5 nitrogen and oxygen atoms in total. The molecule has 2 aromatic carbocycles. The number of carbonyl (C=O) groups excluding carboxylic acids is 1. The van der Waals surface area contributed by atoms with Crippen molar-refractivity contribution in [2.24, 2.45) is 0 Å². The molecule has 1 aromatic heterocycles. The molecule has 172 valence electrons. The number of nitrogens with zero attached hydrogens (tertiary/aromatic N) is 1. The van der Waals surface area contributed by atoms with Gasteiger partial charge in [0.1, 0.15) is 5.82 Å². The van der Waals surface area contributed by atoms with Crippen molar-refractivity contribution in [1.82, 2.24) is 4.98 Å². The predicted octanol–water partition coefficient (Wildman–Crippen LogP) is 5.00. The normalized spacial score (nSPS) is 15.6. The molecule has 1 aliphatic rings. The van der Waals surface area contributed by atoms with Crippen LogP contribution in [0.25, 0.3) is 28.1 Å². The lowest BCUT2D eigenvalue weighted by atomic mass is 9.92. The number of halogens is 1. The number of hydrogen-bond acceptors (Lipinski definition) is 5. The summed E-state index contributed by atoms with van der Waals surface area (Å²) >= 11 is 0. The van der Waals surface area contributed by atoms with Crippen molar-refractivity contribution in [2.75, 3.05) is 6.61 Å². The molecule has 0 amide bonds. The predicted molar refractivity (Wildman–Crippen MR) is 126 cm³/mol. The largest absolute Gasteiger partial charge is 0.466 e. The van der Waals surface area contributed by atoms with Gasteiger partial charge in [-0.05, 0) is 43.5 Å². The van der Waals surface area contributed by atoms with E-state index in [0.717, 1.165) is 46.1 Å². The Kier molecular flexibility index (Phi) is 7.16. The van der Waals surface area contributed by atoms with Gasteiger partial charge in [0.25, 0.3) is 0 Å². The van der Waals surface area contributed by atoms with Gasteiger partial charge in [-0.1, -0.05) is 42.5 Å². The number of fused-ring (bicyclic) bond motifs is 1. The Morgan fingerprint density at radius 1 is 1.18 bits per heavy atom. The number of benzene rings is 2. The lowest BCUT2D eigenvalue weighted by Crippen LogP contribution is -2.20. The van der Waals surface area contributed by atoms with E-state index in [2.05, 4.69) is 0 Å². The lowest BCUT2D eigenvalue weighted by molar-refractivity contribution is -0.145. The molecular formula is C27H28FNO4. The first kappa shape index (κ1) is 23.1. The molecule has 2 N–H and O–H groups in total. The standard InChI is InChI=1S/C27H28FNO4/c1-2-33-25(32)16-21(31)15-20(30)13-14-23-26(17-9-11-19(28)12-10-17)22-5-3-4-6-24(22)29-27(23)18-7-8-18/h3-6,9-14,18,20-21,30-31H,2,7-8,15-16H2,1H3/b14-13+/t20-,21-/m1/s1. The van der Waals surface area contributed by atoms with Crippen LogP contribution < -0.4 is 0 Å². The van der Waals surface area contributed by atoms with Crippen molar-refractivity contribution in [1.29, 1.82) is 0 Å². The highest BCUT2D eigenvalue weighted by Crippen LogP contribution is 2.45. The number of para-hydroxylation sites is 1. The van der Waals surface area contributed by atoms with E-state index in [1.165, 1.54) is 12.1 Å². The molecular weight excluding hydrogens is 421 g/mol. The summed E-state index contributed by atoms with van der Waals surface area (Å²) in [5.41, 5.74) is 4.54. The second kappa shape index (κ2) is 10.2. The number of aliphatic hydroxyl groups excluding tert-OH is 2. The highest BCUT2D eigenvalue weighted by atomic mass is 19.1. The van der Waals surface area contributed by atoms with Crippen LogP contribution in [-0.2, 0) is 9.53 Å². The molecule has 0 unspecified atom stereocenters. The van der Waals surface area contributed by atoms with Gasteiger partial charge in [-0.3, -0.25) is 9.78 Å². The number of aromatic nitrogens is 1. The van der Waals surface area contributed by atoms with Gasteiger partial charge in [-0.15, -0.1) is 0 Å². The van der Waals surface area contributed by atoms with Crippen molar-refractivity contribution in [3.63, 3.8) is 0 Å². The van der Waals surface area contributed by atoms with E-state index < -0.39 is 18.2 Å². The van der Waals surface area contributed by atoms with Crippen LogP contribution in [0, 0.1) is 5.82 Å². The summed E-state index contributed by atoms with van der Waals surface area (Å²) in [4.78, 5) is 16.5. The van der Waals surface area contributed by atoms with Crippen LogP contribution in [0.15, 0.2) is 54.6 Å². The average Bonchev–Trinajstić information content (AvgIpc) is 3.63. The SMILES string of the molecule is CCOC(=O)C[C@H](O)C[C@H](O)/C=C/c1c(C2CC2)nc2ccccc2c1-c1ccc(F)cc1. The third-order valence-corrected chi connectivity index (χ3v) is 5.76. The summed E-state index contributed by atoms with van der Waals surface area (Å²) in [7, 11) is 0. The second-order valence-corrected chi connectivity index (χ2v) is 8.41. The van der Waals surface area contributed by atoms with E-state index in [-0.39, 0.29) is 25.3 Å². The first-order valence-corrected chi connectivity index (χ1v) is 11.3. The fraction of sp³-hybridized carbons (Fsp3) is 0.333. The fourth-order valence-electron chi connectivity index (χ4n) is 4.07. The van der Waals surface area contributed by atoms with Crippen molar-refractivity contribution in [2.45, 2.75) is 50.7 Å². The first-order valence-electron chi connectivity index (χ1n) is 11.3. The maximum Gasteiger partial charge on any atom is 0.308 e. The molecule has 0 radical (unpaired) electrons. The maximum atomic E-state index is 13.6. The number of ether oxygens (including phenoxy) is 1. The summed E-state index contributed by atoms with van der Waals surface area (Å²) in [6.07, 6.45) is 3.47. The van der Waals surface area contributed by atoms with E-state index in [1.54, 1.807) is 25.1 Å². The number of carbonyl (C=O) groups is 1. The van der Waals surface area contributed by atoms with Crippen LogP contribution in [0.5, 0.6) is 0 Å². The van der Waals surface area contributed by atoms with Crippen molar-refractivity contribution in [3.05, 3.63) is 71.7 Å². The van der Waals surface area contributed by atoms with Crippen LogP contribution in [-0.4, -0.2) is 40.0 Å². The highest BCUT2D eigenvalue weighted by Gasteiger charge is 2.29. The van der Waals surface area contributed by atoms with Crippen LogP contribution in [0.4, 0.5) is 4.39 Å². The maximum absolute atomic E-state index is 13.6. The van der Waals surface area contributed by atoms with E-state index in [9.17, 15) is 19.4 Å². The molecule has 1 aliphatic carbocycles. The smallest absolute Gasteiger partial charge is 0.308 e. The number of rotatable bonds is 9. The summed E-state index contributed by atoms with van der Waals surface area (Å²) in [5.74, 6) is -0.447. The third kappa shape index (κ3) is 5.64. The summed E-state index contributed by atoms with van der Waals surface area (Å²) in [6, 6.07) is 14.3. The zero-order chi connectivity index (χ0) is 23.4. The Morgan fingerprint density at radius 3 is 2.61 bits per heavy atom. The fourth-order valence-corrected chi connectivity index (χ4v) is 4.07. The number of aliphatic hydroxyl groups is 2. The minimum atomic E-state index is -1.00. The van der Waals surface area contributed by atoms with E-state index >= 15 is 0 Å². The molecule has 0 saturated heterocycles. The molecule has 33 heavy (non-hydrogen) atoms. The van der Waals surface area contributed by atoms with E-state index in [4.69, 9.17) is 9.72 Å². The van der Waals surface area contributed by atoms with Crippen molar-refractivity contribution in [3.8, 4) is 11.1 Å². The molecule has 1 fully saturated rings. The Hall–Kier alpha value is -3.09. The Labute approximate surface area is 192 Å². The minimum Gasteiger partial charge on any atom is -0.466 e. The first-order chi connectivity index (χ1) is 16.0. The summed E-state index contributed by atoms with van der Waals surface area (Å²) in [6.45, 7) is 1.95. The molecule has 1 saturated carbocycles. The van der Waals surface area contributed by atoms with Crippen LogP contribution in [0.3, 0.4) is 0 Å². The monoisotopic (exact) mass is 449 g/mol. The molecule has 2 atom stereocenters. The zero-order valence-corrected chi connectivity index (χ0v) is 18.6. The van der Waals surface area contributed by atoms with Gasteiger partial charge in [-0.2, -0.15) is 0 Å². The Balaban J connectivity index is 1.70. The van der Waals surface area contributed by atoms with Gasteiger partial charge >= 0.3 is 5.97 Å². The molecule has 0 aliphatic heterocycles. The number of esters is 1. The van der Waals surface area contributed by atoms with Gasteiger partial charge in [0.05, 0.1) is 36.4 Å². The summed E-state index contributed by atoms with van der Waals surface area (Å²) in [5, 5.41) is 21.6. The lowest BCUT2D eigenvalue weighted by Gasteiger charge is -2.16. The Morgan fingerprint density at radius 2 is 1.91 bits per heavy atom. The van der Waals surface area contributed by atoms with Gasteiger partial charge < -0.3 is 14.9 Å². The van der Waals surface area contributed by atoms with E-state index in [0.29, 0.717) is 5.92 Å². The van der Waals surface area contributed by atoms with Crippen LogP contribution >= 0.6 is 0 Å². The van der Waals surface area contributed by atoms with Crippen molar-refractivity contribution >= 4 is 22.9 Å². The van der Waals surface area contributed by atoms with Gasteiger partial charge in [0.15, 0.2) is 0 Å². The van der Waals surface area contributed by atoms with Crippen molar-refractivity contribution < 1.29 is 24.1 Å². The van der Waals surface area contributed by atoms with Gasteiger partial charge in [0, 0.05) is 28.9 Å². The molecule has 3 aromatic rings. The molecule has 0 spiro atoms. The molecule has 4 rings (SSSR count). The quantitative estimate of drug-likeness (QED) is 0.450. The topological polar surface area (TPSA) is 79.7 Å². The average molecular weight is 450 g/mol. The minimum absolute atomic E-state index is 0.0148. The molecule has 0 bridgehead atoms. The molecule has 1 heterocycles. The third-order valence-electron chi connectivity index (χ3n) is 5.76. The van der Waals surface area contributed by atoms with Gasteiger partial charge in [-0.25, -0.2) is 4.39 Å². The summed E-state index contributed by atoms with van der Waals surface area (Å²) < 4.78 is 18.5. The zero-order valence-electron chi connectivity index (χ0n) is 18.6. The Bertz CT molecular complexity index is 1150. The van der Waals surface area contributed by atoms with Crippen LogP contribution in [0.1, 0.15) is 49.8 Å². The highest BCUT2D eigenvalue weighted by molar-refractivity contribution is 5.99. The number of pyridine rings is 1. The molecule has 6 heteroatoms.